The molecule has 5 nitrogen and oxygen atoms in total. The zero-order valence-corrected chi connectivity index (χ0v) is 12.9. The summed E-state index contributed by atoms with van der Waals surface area (Å²) in [5, 5.41) is 2.74. The van der Waals surface area contributed by atoms with E-state index in [0.717, 1.165) is 5.01 Å². The fraction of sp³-hybridized carbons (Fsp3) is 0.167. The number of hydrogen-bond donors (Lipinski definition) is 2. The smallest absolute Gasteiger partial charge is 0.241 e. The normalized spacial score (nSPS) is 11.4. The van der Waals surface area contributed by atoms with Gasteiger partial charge in [0.05, 0.1) is 9.90 Å². The highest BCUT2D eigenvalue weighted by atomic mass is 32.2. The highest BCUT2D eigenvalue weighted by Crippen LogP contribution is 2.15. The molecule has 0 saturated heterocycles. The van der Waals surface area contributed by atoms with Gasteiger partial charge in [-0.15, -0.1) is 11.3 Å². The molecule has 0 spiro atoms. The molecule has 0 saturated carbocycles. The molecule has 0 aliphatic rings. The topological polar surface area (TPSA) is 85.1 Å². The van der Waals surface area contributed by atoms with Crippen LogP contribution >= 0.6 is 23.6 Å². The minimum atomic E-state index is -3.63. The Balaban J connectivity index is 2.12. The largest absolute Gasteiger partial charge is 0.389 e. The second-order valence-electron chi connectivity index (χ2n) is 3.93. The average molecular weight is 327 g/mol. The molecule has 0 atom stereocenters. The monoisotopic (exact) mass is 327 g/mol. The molecule has 1 heterocycles. The third kappa shape index (κ3) is 3.60. The summed E-state index contributed by atoms with van der Waals surface area (Å²) in [6.07, 6.45) is 2.24. The minimum absolute atomic E-state index is 0.0610. The zero-order valence-electron chi connectivity index (χ0n) is 10.4. The van der Waals surface area contributed by atoms with Gasteiger partial charge >= 0.3 is 0 Å². The van der Waals surface area contributed by atoms with Crippen LogP contribution in [0, 0.1) is 0 Å². The van der Waals surface area contributed by atoms with Gasteiger partial charge < -0.3 is 5.73 Å². The molecule has 8 heteroatoms. The molecule has 2 aromatic rings. The lowest BCUT2D eigenvalue weighted by molar-refractivity contribution is 0.581. The summed E-state index contributed by atoms with van der Waals surface area (Å²) in [7, 11) is -3.63. The van der Waals surface area contributed by atoms with E-state index in [2.05, 4.69) is 9.71 Å². The van der Waals surface area contributed by atoms with Crippen LogP contribution in [0.15, 0.2) is 40.7 Å². The van der Waals surface area contributed by atoms with E-state index in [-0.39, 0.29) is 16.4 Å². The van der Waals surface area contributed by atoms with Crippen molar-refractivity contribution in [2.45, 2.75) is 11.3 Å². The first kappa shape index (κ1) is 15.0. The zero-order chi connectivity index (χ0) is 14.6. The van der Waals surface area contributed by atoms with Crippen molar-refractivity contribution in [3.05, 3.63) is 46.4 Å². The first-order valence-corrected chi connectivity index (χ1v) is 8.54. The van der Waals surface area contributed by atoms with E-state index >= 15 is 0 Å². The van der Waals surface area contributed by atoms with Gasteiger partial charge in [0.1, 0.15) is 4.99 Å². The van der Waals surface area contributed by atoms with Crippen LogP contribution in [-0.4, -0.2) is 24.9 Å². The lowest BCUT2D eigenvalue weighted by Gasteiger charge is -2.10. The van der Waals surface area contributed by atoms with Gasteiger partial charge in [0.15, 0.2) is 0 Å². The van der Waals surface area contributed by atoms with Crippen molar-refractivity contribution < 1.29 is 8.42 Å². The van der Waals surface area contributed by atoms with Crippen molar-refractivity contribution in [1.29, 1.82) is 0 Å². The summed E-state index contributed by atoms with van der Waals surface area (Å²) in [6.45, 7) is 0.279. The Morgan fingerprint density at radius 1 is 1.40 bits per heavy atom. The Labute approximate surface area is 126 Å². The quantitative estimate of drug-likeness (QED) is 0.781. The summed E-state index contributed by atoms with van der Waals surface area (Å²) in [5.41, 5.74) is 5.90. The second-order valence-corrected chi connectivity index (χ2v) is 7.09. The van der Waals surface area contributed by atoms with Gasteiger partial charge in [0.25, 0.3) is 0 Å². The summed E-state index contributed by atoms with van der Waals surface area (Å²) in [5.74, 6) is 0. The Bertz CT molecular complexity index is 696. The number of thiocarbonyl (C=S) groups is 1. The highest BCUT2D eigenvalue weighted by Gasteiger charge is 2.18. The van der Waals surface area contributed by atoms with Gasteiger partial charge in [-0.3, -0.25) is 0 Å². The lowest BCUT2D eigenvalue weighted by Crippen LogP contribution is -2.28. The van der Waals surface area contributed by atoms with Crippen molar-refractivity contribution >= 4 is 38.6 Å². The predicted octanol–water partition coefficient (Wildman–Crippen LogP) is 1.30. The number of rotatable bonds is 6. The summed E-state index contributed by atoms with van der Waals surface area (Å²) in [6, 6.07) is 6.41. The number of aromatic nitrogens is 1. The number of nitrogens with two attached hydrogens (primary N) is 1. The van der Waals surface area contributed by atoms with Crippen molar-refractivity contribution in [1.82, 2.24) is 9.71 Å². The number of sulfonamides is 1. The molecule has 106 valence electrons. The standard InChI is InChI=1S/C12H13N3O2S3/c13-12(18)9-3-1-2-4-10(9)20(16,17)15-6-5-11-14-7-8-19-11/h1-4,7-8,15H,5-6H2,(H2,13,18). The van der Waals surface area contributed by atoms with Crippen LogP contribution in [0.3, 0.4) is 0 Å². The number of thiazole rings is 1. The maximum atomic E-state index is 12.2. The maximum Gasteiger partial charge on any atom is 0.241 e. The molecule has 0 aliphatic heterocycles. The van der Waals surface area contributed by atoms with Gasteiger partial charge in [-0.25, -0.2) is 18.1 Å². The molecule has 1 aromatic carbocycles. The van der Waals surface area contributed by atoms with Gasteiger partial charge in [0, 0.05) is 30.1 Å². The van der Waals surface area contributed by atoms with Crippen LogP contribution < -0.4 is 10.5 Å². The third-order valence-electron chi connectivity index (χ3n) is 2.56. The van der Waals surface area contributed by atoms with Crippen molar-refractivity contribution in [3.8, 4) is 0 Å². The van der Waals surface area contributed by atoms with E-state index in [1.807, 2.05) is 5.38 Å². The maximum absolute atomic E-state index is 12.2. The van der Waals surface area contributed by atoms with Crippen LogP contribution in [0.2, 0.25) is 0 Å². The molecule has 1 aromatic heterocycles. The molecule has 0 radical (unpaired) electrons. The Morgan fingerprint density at radius 2 is 2.15 bits per heavy atom. The van der Waals surface area contributed by atoms with Gasteiger partial charge in [-0.05, 0) is 6.07 Å². The SMILES string of the molecule is NC(=S)c1ccccc1S(=O)(=O)NCCc1nccs1. The fourth-order valence-corrected chi connectivity index (χ4v) is 3.77. The Hall–Kier alpha value is -1.35. The van der Waals surface area contributed by atoms with E-state index in [0.29, 0.717) is 12.0 Å². The third-order valence-corrected chi connectivity index (χ3v) is 5.13. The van der Waals surface area contributed by atoms with E-state index in [4.69, 9.17) is 18.0 Å². The van der Waals surface area contributed by atoms with Gasteiger partial charge in [0.2, 0.25) is 10.0 Å². The van der Waals surface area contributed by atoms with E-state index < -0.39 is 10.0 Å². The van der Waals surface area contributed by atoms with E-state index in [1.54, 1.807) is 24.4 Å². The van der Waals surface area contributed by atoms with Crippen LogP contribution in [-0.2, 0) is 16.4 Å². The number of hydrogen-bond acceptors (Lipinski definition) is 5. The minimum Gasteiger partial charge on any atom is -0.389 e. The number of benzene rings is 1. The molecular formula is C12H13N3O2S3. The molecule has 0 unspecified atom stereocenters. The first-order valence-electron chi connectivity index (χ1n) is 5.77. The van der Waals surface area contributed by atoms with Crippen molar-refractivity contribution in [2.75, 3.05) is 6.54 Å². The first-order chi connectivity index (χ1) is 9.50. The van der Waals surface area contributed by atoms with E-state index in [9.17, 15) is 8.42 Å². The van der Waals surface area contributed by atoms with Crippen molar-refractivity contribution in [3.63, 3.8) is 0 Å². The molecule has 20 heavy (non-hydrogen) atoms. The average Bonchev–Trinajstić information content (AvgIpc) is 2.91. The summed E-state index contributed by atoms with van der Waals surface area (Å²) < 4.78 is 27.0. The molecule has 0 amide bonds. The highest BCUT2D eigenvalue weighted by molar-refractivity contribution is 7.89. The molecular weight excluding hydrogens is 314 g/mol. The van der Waals surface area contributed by atoms with Crippen LogP contribution in [0.1, 0.15) is 10.6 Å². The van der Waals surface area contributed by atoms with Crippen molar-refractivity contribution in [2.24, 2.45) is 5.73 Å². The van der Waals surface area contributed by atoms with E-state index in [1.165, 1.54) is 17.4 Å². The summed E-state index contributed by atoms with van der Waals surface area (Å²) >= 11 is 6.36. The second kappa shape index (κ2) is 6.40. The number of nitrogens with one attached hydrogen (secondary N) is 1. The predicted molar refractivity (Wildman–Crippen MR) is 83.3 cm³/mol. The molecule has 3 N–H and O–H groups in total. The molecule has 0 fully saturated rings. The Kier molecular flexibility index (Phi) is 4.81. The fourth-order valence-electron chi connectivity index (χ4n) is 1.65. The van der Waals surface area contributed by atoms with Gasteiger partial charge in [-0.1, -0.05) is 30.4 Å². The lowest BCUT2D eigenvalue weighted by atomic mass is 10.2. The van der Waals surface area contributed by atoms with Gasteiger partial charge in [-0.2, -0.15) is 0 Å². The summed E-state index contributed by atoms with van der Waals surface area (Å²) in [4.78, 5) is 4.26. The number of nitrogens with zero attached hydrogens (tertiary/aromatic N) is 1. The van der Waals surface area contributed by atoms with Crippen LogP contribution in [0.4, 0.5) is 0 Å². The Morgan fingerprint density at radius 3 is 2.80 bits per heavy atom. The molecule has 0 bridgehead atoms. The molecule has 0 aliphatic carbocycles. The van der Waals surface area contributed by atoms with Crippen LogP contribution in [0.25, 0.3) is 0 Å². The van der Waals surface area contributed by atoms with Crippen LogP contribution in [0.5, 0.6) is 0 Å². The molecule has 2 rings (SSSR count).